The molecule has 5 heteroatoms. The van der Waals surface area contributed by atoms with Crippen molar-refractivity contribution in [2.24, 2.45) is 0 Å². The first-order chi connectivity index (χ1) is 7.75. The summed E-state index contributed by atoms with van der Waals surface area (Å²) in [5.74, 6) is 0.118. The largest absolute Gasteiger partial charge is 0.481 e. The van der Waals surface area contributed by atoms with Crippen molar-refractivity contribution in [1.29, 1.82) is 0 Å². The van der Waals surface area contributed by atoms with E-state index in [9.17, 15) is 4.79 Å². The predicted molar refractivity (Wildman–Crippen MR) is 56.4 cm³/mol. The Kier molecular flexibility index (Phi) is 2.86. The van der Waals surface area contributed by atoms with E-state index >= 15 is 0 Å². The molecule has 0 fully saturated rings. The van der Waals surface area contributed by atoms with Crippen LogP contribution in [0.2, 0.25) is 0 Å². The molecule has 82 valence electrons. The van der Waals surface area contributed by atoms with Gasteiger partial charge in [0.05, 0.1) is 12.6 Å². The van der Waals surface area contributed by atoms with Crippen molar-refractivity contribution in [3.8, 4) is 11.6 Å². The number of carbonyl (C=O) groups is 1. The topological polar surface area (TPSA) is 75.2 Å². The van der Waals surface area contributed by atoms with Crippen molar-refractivity contribution < 1.29 is 14.6 Å². The third kappa shape index (κ3) is 2.38. The van der Waals surface area contributed by atoms with Crippen LogP contribution >= 0.6 is 0 Å². The number of aliphatic carboxylic acids is 1. The van der Waals surface area contributed by atoms with E-state index in [0.717, 1.165) is 0 Å². The van der Waals surface area contributed by atoms with Gasteiger partial charge in [-0.2, -0.15) is 5.10 Å². The van der Waals surface area contributed by atoms with Crippen LogP contribution in [-0.2, 0) is 11.2 Å². The number of nitrogens with one attached hydrogen (secondary N) is 1. The molecule has 0 unspecified atom stereocenters. The summed E-state index contributed by atoms with van der Waals surface area (Å²) >= 11 is 0. The molecular weight excluding hydrogens is 208 g/mol. The first-order valence-electron chi connectivity index (χ1n) is 4.72. The summed E-state index contributed by atoms with van der Waals surface area (Å²) in [4.78, 5) is 10.6. The SMILES string of the molecule is O=C(O)Cc1ccccc1Oc1ccn[nH]1. The van der Waals surface area contributed by atoms with Crippen molar-refractivity contribution in [2.45, 2.75) is 6.42 Å². The van der Waals surface area contributed by atoms with E-state index in [0.29, 0.717) is 17.2 Å². The maximum Gasteiger partial charge on any atom is 0.307 e. The van der Waals surface area contributed by atoms with Gasteiger partial charge in [-0.05, 0) is 6.07 Å². The van der Waals surface area contributed by atoms with E-state index < -0.39 is 5.97 Å². The molecule has 0 amide bonds. The highest BCUT2D eigenvalue weighted by atomic mass is 16.5. The Hall–Kier alpha value is -2.30. The molecule has 1 heterocycles. The lowest BCUT2D eigenvalue weighted by molar-refractivity contribution is -0.136. The van der Waals surface area contributed by atoms with E-state index in [2.05, 4.69) is 10.2 Å². The fourth-order valence-corrected chi connectivity index (χ4v) is 1.33. The highest BCUT2D eigenvalue weighted by Crippen LogP contribution is 2.23. The molecule has 2 N–H and O–H groups in total. The number of aromatic nitrogens is 2. The summed E-state index contributed by atoms with van der Waals surface area (Å²) < 4.78 is 5.47. The average molecular weight is 218 g/mol. The zero-order chi connectivity index (χ0) is 11.4. The molecule has 0 saturated carbocycles. The molecule has 0 aliphatic carbocycles. The van der Waals surface area contributed by atoms with Gasteiger partial charge in [-0.25, -0.2) is 5.10 Å². The molecule has 0 radical (unpaired) electrons. The number of aromatic amines is 1. The molecule has 16 heavy (non-hydrogen) atoms. The van der Waals surface area contributed by atoms with E-state index in [1.807, 2.05) is 0 Å². The van der Waals surface area contributed by atoms with Crippen LogP contribution in [0.3, 0.4) is 0 Å². The average Bonchev–Trinajstić information content (AvgIpc) is 2.73. The van der Waals surface area contributed by atoms with Gasteiger partial charge in [0.15, 0.2) is 0 Å². The molecule has 0 atom stereocenters. The quantitative estimate of drug-likeness (QED) is 0.820. The van der Waals surface area contributed by atoms with Crippen LogP contribution in [0.25, 0.3) is 0 Å². The Morgan fingerprint density at radius 2 is 2.19 bits per heavy atom. The first kappa shape index (κ1) is 10.2. The van der Waals surface area contributed by atoms with Crippen molar-refractivity contribution in [3.05, 3.63) is 42.1 Å². The van der Waals surface area contributed by atoms with Gasteiger partial charge >= 0.3 is 5.97 Å². The van der Waals surface area contributed by atoms with Gasteiger partial charge in [0.25, 0.3) is 0 Å². The van der Waals surface area contributed by atoms with Crippen LogP contribution in [0.4, 0.5) is 0 Å². The second-order valence-electron chi connectivity index (χ2n) is 3.20. The molecule has 1 aromatic heterocycles. The lowest BCUT2D eigenvalue weighted by Crippen LogP contribution is -2.01. The van der Waals surface area contributed by atoms with Crippen molar-refractivity contribution in [3.63, 3.8) is 0 Å². The number of nitrogens with zero attached hydrogens (tertiary/aromatic N) is 1. The maximum absolute atomic E-state index is 10.6. The number of hydrogen-bond donors (Lipinski definition) is 2. The number of carboxylic acid groups (broad SMARTS) is 1. The van der Waals surface area contributed by atoms with Crippen LogP contribution in [0.1, 0.15) is 5.56 Å². The summed E-state index contributed by atoms with van der Waals surface area (Å²) in [5, 5.41) is 15.1. The number of benzene rings is 1. The van der Waals surface area contributed by atoms with Crippen LogP contribution < -0.4 is 4.74 Å². The molecule has 0 aliphatic rings. The first-order valence-corrected chi connectivity index (χ1v) is 4.72. The molecule has 0 aliphatic heterocycles. The van der Waals surface area contributed by atoms with Crippen molar-refractivity contribution in [2.75, 3.05) is 0 Å². The third-order valence-corrected chi connectivity index (χ3v) is 2.01. The zero-order valence-electron chi connectivity index (χ0n) is 8.38. The Morgan fingerprint density at radius 1 is 1.38 bits per heavy atom. The van der Waals surface area contributed by atoms with Crippen molar-refractivity contribution >= 4 is 5.97 Å². The standard InChI is InChI=1S/C11H10N2O3/c14-11(15)7-8-3-1-2-4-9(8)16-10-5-6-12-13-10/h1-6H,7H2,(H,12,13)(H,14,15). The summed E-state index contributed by atoms with van der Waals surface area (Å²) in [7, 11) is 0. The number of carboxylic acids is 1. The summed E-state index contributed by atoms with van der Waals surface area (Å²) in [5.41, 5.74) is 0.629. The predicted octanol–water partition coefficient (Wildman–Crippen LogP) is 1.83. The molecule has 2 rings (SSSR count). The summed E-state index contributed by atoms with van der Waals surface area (Å²) in [6, 6.07) is 8.67. The van der Waals surface area contributed by atoms with E-state index in [1.54, 1.807) is 36.5 Å². The highest BCUT2D eigenvalue weighted by molar-refractivity contribution is 5.71. The number of rotatable bonds is 4. The molecule has 0 spiro atoms. The molecule has 0 bridgehead atoms. The van der Waals surface area contributed by atoms with E-state index in [1.165, 1.54) is 0 Å². The van der Waals surface area contributed by atoms with Gasteiger partial charge in [-0.15, -0.1) is 0 Å². The normalized spacial score (nSPS) is 10.0. The lowest BCUT2D eigenvalue weighted by atomic mass is 10.1. The minimum absolute atomic E-state index is 0.0652. The van der Waals surface area contributed by atoms with E-state index in [4.69, 9.17) is 9.84 Å². The molecular formula is C11H10N2O3. The number of H-pyrrole nitrogens is 1. The Morgan fingerprint density at radius 3 is 2.88 bits per heavy atom. The van der Waals surface area contributed by atoms with Crippen LogP contribution in [-0.4, -0.2) is 21.3 Å². The van der Waals surface area contributed by atoms with E-state index in [-0.39, 0.29) is 6.42 Å². The van der Waals surface area contributed by atoms with Gasteiger partial charge in [-0.3, -0.25) is 4.79 Å². The van der Waals surface area contributed by atoms with Gasteiger partial charge in [0.2, 0.25) is 5.88 Å². The van der Waals surface area contributed by atoms with Crippen LogP contribution in [0.15, 0.2) is 36.5 Å². The van der Waals surface area contributed by atoms with Crippen molar-refractivity contribution in [1.82, 2.24) is 10.2 Å². The fraction of sp³-hybridized carbons (Fsp3) is 0.0909. The van der Waals surface area contributed by atoms with Gasteiger partial charge < -0.3 is 9.84 Å². The van der Waals surface area contributed by atoms with Gasteiger partial charge in [0, 0.05) is 11.6 Å². The minimum atomic E-state index is -0.888. The van der Waals surface area contributed by atoms with Crippen LogP contribution in [0.5, 0.6) is 11.6 Å². The third-order valence-electron chi connectivity index (χ3n) is 2.01. The smallest absolute Gasteiger partial charge is 0.307 e. The highest BCUT2D eigenvalue weighted by Gasteiger charge is 2.08. The fourth-order valence-electron chi connectivity index (χ4n) is 1.33. The Bertz CT molecular complexity index is 480. The lowest BCUT2D eigenvalue weighted by Gasteiger charge is -2.07. The Balaban J connectivity index is 2.22. The summed E-state index contributed by atoms with van der Waals surface area (Å²) in [6.45, 7) is 0. The number of para-hydroxylation sites is 1. The minimum Gasteiger partial charge on any atom is -0.481 e. The molecule has 1 aromatic carbocycles. The maximum atomic E-state index is 10.6. The summed E-state index contributed by atoms with van der Waals surface area (Å²) in [6.07, 6.45) is 1.50. The molecule has 2 aromatic rings. The van der Waals surface area contributed by atoms with Crippen LogP contribution in [0, 0.1) is 0 Å². The Labute approximate surface area is 91.7 Å². The molecule has 5 nitrogen and oxygen atoms in total. The van der Waals surface area contributed by atoms with Gasteiger partial charge in [0.1, 0.15) is 5.75 Å². The number of ether oxygens (including phenoxy) is 1. The number of hydrogen-bond acceptors (Lipinski definition) is 3. The second kappa shape index (κ2) is 4.48. The second-order valence-corrected chi connectivity index (χ2v) is 3.20. The molecule has 0 saturated heterocycles. The monoisotopic (exact) mass is 218 g/mol. The zero-order valence-corrected chi connectivity index (χ0v) is 8.38. The van der Waals surface area contributed by atoms with Gasteiger partial charge in [-0.1, -0.05) is 18.2 Å².